The van der Waals surface area contributed by atoms with Crippen LogP contribution in [0.25, 0.3) is 23.1 Å². The van der Waals surface area contributed by atoms with Gasteiger partial charge in [0.2, 0.25) is 0 Å². The van der Waals surface area contributed by atoms with E-state index in [4.69, 9.17) is 0 Å². The molecule has 6 nitrogen and oxygen atoms in total. The summed E-state index contributed by atoms with van der Waals surface area (Å²) in [5.74, 6) is 0. The Labute approximate surface area is 223 Å². The minimum absolute atomic E-state index is 0.511. The van der Waals surface area contributed by atoms with Crippen LogP contribution >= 0.6 is 0 Å². The van der Waals surface area contributed by atoms with Crippen LogP contribution in [0.3, 0.4) is 0 Å². The van der Waals surface area contributed by atoms with Gasteiger partial charge < -0.3 is 15.6 Å². The van der Waals surface area contributed by atoms with E-state index in [0.717, 1.165) is 64.2 Å². The lowest BCUT2D eigenvalue weighted by Crippen LogP contribution is -2.16. The van der Waals surface area contributed by atoms with Crippen LogP contribution in [-0.4, -0.2) is 21.5 Å². The second-order valence-electron chi connectivity index (χ2n) is 9.32. The quantitative estimate of drug-likeness (QED) is 0.197. The first-order chi connectivity index (χ1) is 18.6. The number of nitrogens with one attached hydrogen (secondary N) is 3. The highest BCUT2D eigenvalue weighted by Gasteiger charge is 2.13. The lowest BCUT2D eigenvalue weighted by Gasteiger charge is -2.16. The molecule has 3 heterocycles. The molecule has 0 aliphatic rings. The smallest absolute Gasteiger partial charge is 0.103 e. The number of pyridine rings is 2. The van der Waals surface area contributed by atoms with Gasteiger partial charge in [-0.15, -0.1) is 0 Å². The van der Waals surface area contributed by atoms with E-state index in [2.05, 4.69) is 93.2 Å². The molecule has 0 amide bonds. The fourth-order valence-corrected chi connectivity index (χ4v) is 4.54. The fourth-order valence-electron chi connectivity index (χ4n) is 4.54. The van der Waals surface area contributed by atoms with E-state index in [0.29, 0.717) is 5.56 Å². The highest BCUT2D eigenvalue weighted by Crippen LogP contribution is 2.32. The molecule has 3 aromatic heterocycles. The van der Waals surface area contributed by atoms with Crippen molar-refractivity contribution in [2.45, 2.75) is 26.8 Å². The topological polar surface area (TPSA) is 89.4 Å². The van der Waals surface area contributed by atoms with Crippen molar-refractivity contribution in [1.29, 1.82) is 5.26 Å². The van der Waals surface area contributed by atoms with Crippen molar-refractivity contribution < 1.29 is 0 Å². The van der Waals surface area contributed by atoms with Crippen LogP contribution in [0.2, 0.25) is 0 Å². The Balaban J connectivity index is 1.30. The zero-order valence-electron chi connectivity index (χ0n) is 21.6. The lowest BCUT2D eigenvalue weighted by molar-refractivity contribution is 0.686. The van der Waals surface area contributed by atoms with E-state index in [1.54, 1.807) is 6.20 Å². The summed E-state index contributed by atoms with van der Waals surface area (Å²) in [5.41, 5.74) is 9.83. The molecule has 5 rings (SSSR count). The van der Waals surface area contributed by atoms with E-state index in [9.17, 15) is 5.26 Å². The summed E-state index contributed by atoms with van der Waals surface area (Å²) in [6.45, 7) is 5.79. The summed E-state index contributed by atoms with van der Waals surface area (Å²) in [4.78, 5) is 11.8. The monoisotopic (exact) mass is 498 g/mol. The number of anilines is 2. The van der Waals surface area contributed by atoms with Crippen LogP contribution in [0.1, 0.15) is 39.1 Å². The van der Waals surface area contributed by atoms with Gasteiger partial charge in [-0.1, -0.05) is 36.4 Å². The first kappa shape index (κ1) is 24.9. The Morgan fingerprint density at radius 2 is 1.76 bits per heavy atom. The number of H-pyrrole nitrogens is 1. The first-order valence-electron chi connectivity index (χ1n) is 12.7. The maximum atomic E-state index is 9.82. The van der Waals surface area contributed by atoms with Crippen LogP contribution in [0.5, 0.6) is 0 Å². The number of hydrogen-bond acceptors (Lipinski definition) is 5. The predicted molar refractivity (Wildman–Crippen MR) is 155 cm³/mol. The van der Waals surface area contributed by atoms with E-state index >= 15 is 0 Å². The molecule has 0 bridgehead atoms. The molecule has 5 aromatic rings. The van der Waals surface area contributed by atoms with Crippen molar-refractivity contribution in [3.8, 4) is 6.07 Å². The van der Waals surface area contributed by atoms with Gasteiger partial charge in [0.15, 0.2) is 0 Å². The van der Waals surface area contributed by atoms with Gasteiger partial charge in [0.1, 0.15) is 6.07 Å². The number of aromatic nitrogens is 3. The molecule has 6 heteroatoms. The molecule has 0 saturated heterocycles. The minimum Gasteiger partial charge on any atom is -0.361 e. The average molecular weight is 499 g/mol. The number of fused-ring (bicyclic) bond motifs is 1. The van der Waals surface area contributed by atoms with Crippen molar-refractivity contribution in [1.82, 2.24) is 20.3 Å². The molecule has 38 heavy (non-hydrogen) atoms. The molecule has 0 unspecified atom stereocenters. The number of nitriles is 1. The Kier molecular flexibility index (Phi) is 7.58. The largest absolute Gasteiger partial charge is 0.361 e. The molecule has 0 fully saturated rings. The van der Waals surface area contributed by atoms with Crippen molar-refractivity contribution in [3.05, 3.63) is 118 Å². The molecule has 0 spiro atoms. The van der Waals surface area contributed by atoms with Crippen molar-refractivity contribution in [2.75, 3.05) is 11.9 Å². The van der Waals surface area contributed by atoms with Gasteiger partial charge >= 0.3 is 0 Å². The molecule has 0 aliphatic heterocycles. The van der Waals surface area contributed by atoms with Gasteiger partial charge in [-0.3, -0.25) is 9.97 Å². The normalized spacial score (nSPS) is 11.2. The van der Waals surface area contributed by atoms with Crippen LogP contribution < -0.4 is 10.6 Å². The van der Waals surface area contributed by atoms with Crippen molar-refractivity contribution >= 4 is 34.4 Å². The van der Waals surface area contributed by atoms with Crippen molar-refractivity contribution in [3.63, 3.8) is 0 Å². The Morgan fingerprint density at radius 3 is 2.55 bits per heavy atom. The number of rotatable bonds is 9. The maximum absolute atomic E-state index is 9.82. The van der Waals surface area contributed by atoms with Crippen LogP contribution in [0.15, 0.2) is 79.4 Å². The average Bonchev–Trinajstić information content (AvgIpc) is 3.43. The highest BCUT2D eigenvalue weighted by atomic mass is 14.9. The molecule has 188 valence electrons. The molecule has 0 radical (unpaired) electrons. The Morgan fingerprint density at radius 1 is 0.947 bits per heavy atom. The van der Waals surface area contributed by atoms with Gasteiger partial charge in [0.05, 0.1) is 11.3 Å². The first-order valence-corrected chi connectivity index (χ1v) is 12.7. The third-order valence-electron chi connectivity index (χ3n) is 6.79. The molecule has 0 saturated carbocycles. The second-order valence-corrected chi connectivity index (χ2v) is 9.32. The van der Waals surface area contributed by atoms with Gasteiger partial charge in [0, 0.05) is 59.2 Å². The molecule has 3 N–H and O–H groups in total. The van der Waals surface area contributed by atoms with Gasteiger partial charge in [0.25, 0.3) is 0 Å². The second kappa shape index (κ2) is 11.5. The van der Waals surface area contributed by atoms with Crippen LogP contribution in [0.4, 0.5) is 11.4 Å². The van der Waals surface area contributed by atoms with E-state index in [1.807, 2.05) is 37.7 Å². The van der Waals surface area contributed by atoms with Gasteiger partial charge in [-0.25, -0.2) is 0 Å². The van der Waals surface area contributed by atoms with Crippen molar-refractivity contribution in [2.24, 2.45) is 0 Å². The third-order valence-corrected chi connectivity index (χ3v) is 6.79. The maximum Gasteiger partial charge on any atom is 0.103 e. The summed E-state index contributed by atoms with van der Waals surface area (Å²) in [6.07, 6.45) is 12.3. The molecule has 2 aromatic carbocycles. The number of nitrogens with zero attached hydrogens (tertiary/aromatic N) is 3. The Hall–Kier alpha value is -4.73. The van der Waals surface area contributed by atoms with Crippen LogP contribution in [-0.2, 0) is 13.0 Å². The number of hydrogen-bond donors (Lipinski definition) is 3. The third kappa shape index (κ3) is 5.64. The molecular formula is C32H30N6. The standard InChI is InChI=1S/C32H30N6/c1-22-28-14-18-36-31(28)10-9-30(22)38-32-27(19-33)21-37-23(2)29(32)8-7-24-3-5-26(6-4-24)20-35-17-13-25-11-15-34-16-12-25/h3-12,14-16,18,21,35-36H,13,17,20H2,1-2H3,(H,37,38)/b8-7+. The highest BCUT2D eigenvalue weighted by molar-refractivity contribution is 5.90. The summed E-state index contributed by atoms with van der Waals surface area (Å²) in [5, 5.41) is 18.0. The summed E-state index contributed by atoms with van der Waals surface area (Å²) < 4.78 is 0. The Bertz CT molecular complexity index is 1610. The fraction of sp³-hybridized carbons (Fsp3) is 0.156. The van der Waals surface area contributed by atoms with E-state index < -0.39 is 0 Å². The summed E-state index contributed by atoms with van der Waals surface area (Å²) >= 11 is 0. The number of aromatic amines is 1. The SMILES string of the molecule is Cc1ncc(C#N)c(Nc2ccc3[nH]ccc3c2C)c1/C=C/c1ccc(CNCCc2ccncc2)cc1. The zero-order valence-corrected chi connectivity index (χ0v) is 21.6. The number of benzene rings is 2. The van der Waals surface area contributed by atoms with E-state index in [-0.39, 0.29) is 0 Å². The molecular weight excluding hydrogens is 468 g/mol. The minimum atomic E-state index is 0.511. The predicted octanol–water partition coefficient (Wildman–Crippen LogP) is 6.69. The van der Waals surface area contributed by atoms with Crippen LogP contribution in [0, 0.1) is 25.2 Å². The zero-order chi connectivity index (χ0) is 26.3. The molecule has 0 atom stereocenters. The lowest BCUT2D eigenvalue weighted by atomic mass is 10.0. The summed E-state index contributed by atoms with van der Waals surface area (Å²) in [7, 11) is 0. The number of aryl methyl sites for hydroxylation is 2. The van der Waals surface area contributed by atoms with E-state index in [1.165, 1.54) is 11.1 Å². The molecule has 0 aliphatic carbocycles. The van der Waals surface area contributed by atoms with Gasteiger partial charge in [-0.2, -0.15) is 5.26 Å². The van der Waals surface area contributed by atoms with Gasteiger partial charge in [-0.05, 0) is 79.4 Å². The summed E-state index contributed by atoms with van der Waals surface area (Å²) in [6, 6.07) is 21.1.